The first-order chi connectivity index (χ1) is 17.5. The zero-order valence-electron chi connectivity index (χ0n) is 20.3. The van der Waals surface area contributed by atoms with Gasteiger partial charge in [-0.25, -0.2) is 15.0 Å². The number of benzene rings is 2. The number of nitrogens with one attached hydrogen (secondary N) is 1. The molecule has 3 aromatic heterocycles. The molecule has 37 heavy (non-hydrogen) atoms. The van der Waals surface area contributed by atoms with Crippen molar-refractivity contribution in [1.29, 1.82) is 0 Å². The molecule has 3 N–H and O–H groups in total. The summed E-state index contributed by atoms with van der Waals surface area (Å²) in [7, 11) is 1.92. The van der Waals surface area contributed by atoms with Gasteiger partial charge in [-0.3, -0.25) is 4.79 Å². The van der Waals surface area contributed by atoms with Crippen molar-refractivity contribution in [3.8, 4) is 34.0 Å². The highest BCUT2D eigenvalue weighted by Crippen LogP contribution is 2.44. The lowest BCUT2D eigenvalue weighted by atomic mass is 9.97. The van der Waals surface area contributed by atoms with Crippen LogP contribution >= 0.6 is 12.4 Å². The Kier molecular flexibility index (Phi) is 7.22. The maximum Gasteiger partial charge on any atom is 0.247 e. The fourth-order valence-corrected chi connectivity index (χ4v) is 4.24. The van der Waals surface area contributed by atoms with Gasteiger partial charge in [-0.15, -0.1) is 12.4 Å². The van der Waals surface area contributed by atoms with E-state index in [9.17, 15) is 4.79 Å². The Hall–Kier alpha value is -4.69. The third-order valence-corrected chi connectivity index (χ3v) is 5.85. The number of pyridine rings is 1. The molecule has 0 radical (unpaired) electrons. The van der Waals surface area contributed by atoms with Crippen molar-refractivity contribution in [3.63, 3.8) is 0 Å². The Balaban J connectivity index is 0.00000320. The zero-order valence-corrected chi connectivity index (χ0v) is 21.1. The van der Waals surface area contributed by atoms with Crippen LogP contribution in [0.3, 0.4) is 0 Å². The number of nitrogen functional groups attached to an aromatic ring is 1. The number of carbonyl (C=O) groups excluding carboxylic acids is 1. The van der Waals surface area contributed by atoms with E-state index in [1.54, 1.807) is 0 Å². The maximum atomic E-state index is 12.1. The number of ether oxygens (including phenoxy) is 1. The Bertz CT molecular complexity index is 1610. The second-order valence-electron chi connectivity index (χ2n) is 8.22. The van der Waals surface area contributed by atoms with Crippen LogP contribution < -0.4 is 15.8 Å². The molecular formula is C28H25ClN6O2. The molecular weight excluding hydrogens is 488 g/mol. The van der Waals surface area contributed by atoms with E-state index < -0.39 is 0 Å². The molecule has 0 bridgehead atoms. The highest BCUT2D eigenvalue weighted by Gasteiger charge is 2.23. The number of fused-ring (bicyclic) bond motifs is 1. The van der Waals surface area contributed by atoms with Crippen molar-refractivity contribution < 1.29 is 9.53 Å². The minimum atomic E-state index is -0.298. The number of amides is 1. The van der Waals surface area contributed by atoms with Crippen molar-refractivity contribution in [2.24, 2.45) is 7.05 Å². The van der Waals surface area contributed by atoms with Gasteiger partial charge in [0.1, 0.15) is 23.5 Å². The first-order valence-corrected chi connectivity index (χ1v) is 11.3. The average Bonchev–Trinajstić information content (AvgIpc) is 3.18. The van der Waals surface area contributed by atoms with Crippen LogP contribution in [0.5, 0.6) is 11.6 Å². The van der Waals surface area contributed by atoms with Gasteiger partial charge in [-0.05, 0) is 42.8 Å². The third kappa shape index (κ3) is 4.87. The van der Waals surface area contributed by atoms with Crippen molar-refractivity contribution in [1.82, 2.24) is 19.5 Å². The zero-order chi connectivity index (χ0) is 25.2. The first-order valence-electron chi connectivity index (χ1n) is 11.3. The summed E-state index contributed by atoms with van der Waals surface area (Å²) in [6.07, 6.45) is 2.69. The maximum absolute atomic E-state index is 12.1. The quantitative estimate of drug-likeness (QED) is 0.273. The molecule has 0 saturated heterocycles. The number of rotatable bonds is 6. The summed E-state index contributed by atoms with van der Waals surface area (Å²) >= 11 is 0. The van der Waals surface area contributed by atoms with Gasteiger partial charge in [-0.2, -0.15) is 0 Å². The predicted octanol–water partition coefficient (Wildman–Crippen LogP) is 5.93. The van der Waals surface area contributed by atoms with E-state index in [0.717, 1.165) is 33.5 Å². The minimum absolute atomic E-state index is 0. The lowest BCUT2D eigenvalue weighted by Crippen LogP contribution is -2.09. The number of carbonyl (C=O) groups is 1. The fourth-order valence-electron chi connectivity index (χ4n) is 4.24. The number of nitrogens with zero attached hydrogens (tertiary/aromatic N) is 4. The molecule has 0 unspecified atom stereocenters. The molecule has 3 heterocycles. The second kappa shape index (κ2) is 10.5. The highest BCUT2D eigenvalue weighted by molar-refractivity contribution is 6.10. The minimum Gasteiger partial charge on any atom is -0.439 e. The van der Waals surface area contributed by atoms with E-state index >= 15 is 0 Å². The summed E-state index contributed by atoms with van der Waals surface area (Å²) in [5.74, 6) is 1.25. The Morgan fingerprint density at radius 1 is 1.05 bits per heavy atom. The van der Waals surface area contributed by atoms with Gasteiger partial charge in [0.2, 0.25) is 11.8 Å². The van der Waals surface area contributed by atoms with Gasteiger partial charge in [0.05, 0.1) is 16.8 Å². The average molecular weight is 513 g/mol. The van der Waals surface area contributed by atoms with E-state index in [4.69, 9.17) is 10.5 Å². The Morgan fingerprint density at radius 2 is 1.81 bits per heavy atom. The number of nitrogens with two attached hydrogens (primary N) is 1. The van der Waals surface area contributed by atoms with Gasteiger partial charge in [0.15, 0.2) is 0 Å². The SMILES string of the molecule is C=CC(=O)Nc1ccccc1-c1c(-c2ccc(Oc3cccc(C)n3)cc2)c2c(N)ncnc2n1C.Cl. The standard InChI is InChI=1S/C28H24N6O2.ClH/c1-4-22(35)33-21-10-6-5-9-20(21)26-24(25-27(29)30-16-31-28(25)34(26)3)18-12-14-19(15-13-18)36-23-11-7-8-17(2)32-23;/h4-16H,1H2,2-3H3,(H,33,35)(H2,29,30,31);1H. The molecule has 5 aromatic rings. The topological polar surface area (TPSA) is 108 Å². The van der Waals surface area contributed by atoms with Gasteiger partial charge in [0.25, 0.3) is 0 Å². The van der Waals surface area contributed by atoms with E-state index in [-0.39, 0.29) is 18.3 Å². The molecule has 0 atom stereocenters. The van der Waals surface area contributed by atoms with Crippen molar-refractivity contribution in [2.75, 3.05) is 11.1 Å². The number of para-hydroxylation sites is 1. The molecule has 1 amide bonds. The van der Waals surface area contributed by atoms with Crippen LogP contribution in [0.25, 0.3) is 33.4 Å². The van der Waals surface area contributed by atoms with Crippen LogP contribution in [-0.4, -0.2) is 25.4 Å². The highest BCUT2D eigenvalue weighted by atomic mass is 35.5. The molecule has 8 nitrogen and oxygen atoms in total. The van der Waals surface area contributed by atoms with Crippen molar-refractivity contribution >= 4 is 40.9 Å². The molecule has 0 aliphatic heterocycles. The number of aromatic nitrogens is 4. The summed E-state index contributed by atoms with van der Waals surface area (Å²) in [6.45, 7) is 5.48. The van der Waals surface area contributed by atoms with Crippen LogP contribution in [0.4, 0.5) is 11.5 Å². The molecule has 5 rings (SSSR count). The lowest BCUT2D eigenvalue weighted by molar-refractivity contribution is -0.111. The Morgan fingerprint density at radius 3 is 2.54 bits per heavy atom. The van der Waals surface area contributed by atoms with Gasteiger partial charge < -0.3 is 20.4 Å². The molecule has 0 aliphatic rings. The normalized spacial score (nSPS) is 10.5. The number of halogens is 1. The smallest absolute Gasteiger partial charge is 0.247 e. The van der Waals surface area contributed by atoms with Gasteiger partial charge >= 0.3 is 0 Å². The van der Waals surface area contributed by atoms with Crippen molar-refractivity contribution in [3.05, 3.63) is 91.4 Å². The number of hydrogen-bond donors (Lipinski definition) is 2. The Labute approximate surface area is 220 Å². The molecule has 0 spiro atoms. The van der Waals surface area contributed by atoms with Crippen LogP contribution in [0, 0.1) is 6.92 Å². The fraction of sp³-hybridized carbons (Fsp3) is 0.0714. The van der Waals surface area contributed by atoms with E-state index in [2.05, 4.69) is 26.8 Å². The van der Waals surface area contributed by atoms with E-state index in [1.807, 2.05) is 85.3 Å². The summed E-state index contributed by atoms with van der Waals surface area (Å²) in [5.41, 5.74) is 12.0. The third-order valence-electron chi connectivity index (χ3n) is 5.85. The molecule has 2 aromatic carbocycles. The molecule has 9 heteroatoms. The predicted molar refractivity (Wildman–Crippen MR) is 149 cm³/mol. The van der Waals surface area contributed by atoms with Gasteiger partial charge in [-0.1, -0.05) is 43.0 Å². The number of aryl methyl sites for hydroxylation is 2. The largest absolute Gasteiger partial charge is 0.439 e. The summed E-state index contributed by atoms with van der Waals surface area (Å²) in [4.78, 5) is 25.3. The summed E-state index contributed by atoms with van der Waals surface area (Å²) in [5, 5.41) is 3.63. The molecule has 0 saturated carbocycles. The van der Waals surface area contributed by atoms with Crippen LogP contribution in [0.1, 0.15) is 5.69 Å². The van der Waals surface area contributed by atoms with Crippen molar-refractivity contribution in [2.45, 2.75) is 6.92 Å². The second-order valence-corrected chi connectivity index (χ2v) is 8.22. The summed E-state index contributed by atoms with van der Waals surface area (Å²) < 4.78 is 7.89. The van der Waals surface area contributed by atoms with E-state index in [1.165, 1.54) is 12.4 Å². The summed E-state index contributed by atoms with van der Waals surface area (Å²) in [6, 6.07) is 20.9. The monoisotopic (exact) mass is 512 g/mol. The van der Waals surface area contributed by atoms with E-state index in [0.29, 0.717) is 28.8 Å². The van der Waals surface area contributed by atoms with Gasteiger partial charge in [0, 0.05) is 29.9 Å². The molecule has 0 fully saturated rings. The first kappa shape index (κ1) is 25.4. The van der Waals surface area contributed by atoms with Crippen LogP contribution in [0.15, 0.2) is 85.7 Å². The number of anilines is 2. The molecule has 186 valence electrons. The van der Waals surface area contributed by atoms with Crippen LogP contribution in [0.2, 0.25) is 0 Å². The lowest BCUT2D eigenvalue weighted by Gasteiger charge is -2.14. The molecule has 0 aliphatic carbocycles. The number of hydrogen-bond acceptors (Lipinski definition) is 6. The van der Waals surface area contributed by atoms with Crippen LogP contribution in [-0.2, 0) is 11.8 Å².